The molecule has 0 aliphatic carbocycles. The number of carbonyl (C=O) groups excluding carboxylic acids is 3. The average molecular weight is 481 g/mol. The average Bonchev–Trinajstić information content (AvgIpc) is 2.84. The van der Waals surface area contributed by atoms with Crippen molar-refractivity contribution in [3.63, 3.8) is 0 Å². The predicted octanol–water partition coefficient (Wildman–Crippen LogP) is 5.44. The number of rotatable bonds is 9. The number of benzene rings is 3. The number of nitro groups is 1. The summed E-state index contributed by atoms with van der Waals surface area (Å²) in [5.74, 6) is -1.66. The molecule has 0 aliphatic heterocycles. The lowest BCUT2D eigenvalue weighted by Gasteiger charge is -2.17. The summed E-state index contributed by atoms with van der Waals surface area (Å²) in [7, 11) is 0. The number of hydrogen-bond donors (Lipinski definition) is 1. The molecule has 0 saturated heterocycles. The van der Waals surface area contributed by atoms with Crippen molar-refractivity contribution in [3.8, 4) is 0 Å². The van der Waals surface area contributed by atoms with Crippen LogP contribution in [0.15, 0.2) is 72.8 Å². The molecule has 0 fully saturated rings. The number of halogens is 1. The van der Waals surface area contributed by atoms with Crippen LogP contribution in [0.4, 0.5) is 11.4 Å². The summed E-state index contributed by atoms with van der Waals surface area (Å²) in [5.41, 5.74) is 1.80. The van der Waals surface area contributed by atoms with Gasteiger partial charge in [0.05, 0.1) is 11.3 Å². The van der Waals surface area contributed by atoms with Crippen LogP contribution in [0.25, 0.3) is 0 Å². The minimum absolute atomic E-state index is 0.158. The molecule has 34 heavy (non-hydrogen) atoms. The van der Waals surface area contributed by atoms with Crippen LogP contribution >= 0.6 is 11.6 Å². The van der Waals surface area contributed by atoms with E-state index in [1.807, 2.05) is 6.92 Å². The highest BCUT2D eigenvalue weighted by Gasteiger charge is 2.27. The third-order valence-electron chi connectivity index (χ3n) is 4.96. The quantitative estimate of drug-likeness (QED) is 0.188. The lowest BCUT2D eigenvalue weighted by molar-refractivity contribution is -0.384. The first-order chi connectivity index (χ1) is 16.2. The number of non-ortho nitro benzene ring substituents is 1. The van der Waals surface area contributed by atoms with Crippen LogP contribution in [0, 0.1) is 17.0 Å². The molecule has 0 heterocycles. The van der Waals surface area contributed by atoms with Gasteiger partial charge in [-0.3, -0.25) is 24.5 Å². The maximum atomic E-state index is 13.0. The Morgan fingerprint density at radius 3 is 2.29 bits per heavy atom. The first kappa shape index (κ1) is 24.6. The lowest BCUT2D eigenvalue weighted by atomic mass is 9.99. The molecule has 0 saturated carbocycles. The molecular weight excluding hydrogens is 460 g/mol. The van der Waals surface area contributed by atoms with Crippen LogP contribution < -0.4 is 5.32 Å². The molecule has 1 amide bonds. The van der Waals surface area contributed by atoms with Gasteiger partial charge in [-0.2, -0.15) is 0 Å². The number of ketones is 1. The molecule has 0 aliphatic rings. The highest BCUT2D eigenvalue weighted by atomic mass is 35.5. The van der Waals surface area contributed by atoms with Crippen molar-refractivity contribution in [3.05, 3.63) is 105 Å². The van der Waals surface area contributed by atoms with Crippen LogP contribution in [0.5, 0.6) is 0 Å². The Hall–Kier alpha value is -4.04. The normalized spacial score (nSPS) is 11.4. The third kappa shape index (κ3) is 6.49. The van der Waals surface area contributed by atoms with Crippen molar-refractivity contribution in [2.24, 2.45) is 0 Å². The molecule has 0 bridgehead atoms. The second-order valence-electron chi connectivity index (χ2n) is 7.46. The Balaban J connectivity index is 1.69. The number of nitrogens with zero attached hydrogens (tertiary/aromatic N) is 1. The first-order valence-corrected chi connectivity index (χ1v) is 10.7. The van der Waals surface area contributed by atoms with Crippen molar-refractivity contribution >= 4 is 40.6 Å². The number of nitrogens with one attached hydrogen (secondary N) is 1. The molecule has 9 heteroatoms. The Kier molecular flexibility index (Phi) is 8.10. The number of hydrogen-bond acceptors (Lipinski definition) is 6. The van der Waals surface area contributed by atoms with E-state index in [1.165, 1.54) is 24.3 Å². The fraction of sp³-hybridized carbons (Fsp3) is 0.160. The van der Waals surface area contributed by atoms with Crippen molar-refractivity contribution in [2.45, 2.75) is 25.9 Å². The summed E-state index contributed by atoms with van der Waals surface area (Å²) in [5, 5.41) is 14.1. The van der Waals surface area contributed by atoms with Gasteiger partial charge in [-0.1, -0.05) is 48.0 Å². The Bertz CT molecular complexity index is 1210. The van der Waals surface area contributed by atoms with E-state index in [0.717, 1.165) is 5.56 Å². The minimum atomic E-state index is -1.31. The maximum Gasteiger partial charge on any atom is 0.307 e. The Labute approximate surface area is 200 Å². The molecule has 3 aromatic carbocycles. The van der Waals surface area contributed by atoms with Gasteiger partial charge in [0, 0.05) is 40.4 Å². The highest BCUT2D eigenvalue weighted by molar-refractivity contribution is 6.31. The van der Waals surface area contributed by atoms with E-state index >= 15 is 0 Å². The molecule has 0 spiro atoms. The molecule has 174 valence electrons. The number of ether oxygens (including phenoxy) is 1. The van der Waals surface area contributed by atoms with Crippen LogP contribution in [-0.2, 0) is 14.3 Å². The molecule has 1 atom stereocenters. The molecule has 0 radical (unpaired) electrons. The first-order valence-electron chi connectivity index (χ1n) is 10.3. The van der Waals surface area contributed by atoms with E-state index in [4.69, 9.17) is 16.3 Å². The number of nitro benzene ring substituents is 1. The fourth-order valence-corrected chi connectivity index (χ4v) is 3.28. The van der Waals surface area contributed by atoms with E-state index in [0.29, 0.717) is 16.3 Å². The molecule has 0 unspecified atom stereocenters. The van der Waals surface area contributed by atoms with Crippen molar-refractivity contribution in [1.29, 1.82) is 0 Å². The van der Waals surface area contributed by atoms with Crippen LogP contribution in [0.1, 0.15) is 40.4 Å². The monoisotopic (exact) mass is 480 g/mol. The molecule has 1 N–H and O–H groups in total. The number of aryl methyl sites for hydroxylation is 1. The Morgan fingerprint density at radius 2 is 1.68 bits per heavy atom. The highest BCUT2D eigenvalue weighted by Crippen LogP contribution is 2.26. The molecular formula is C25H21ClN2O6. The number of Topliss-reactive ketones (excluding diaryl/α,β-unsaturated/α-hetero) is 1. The van der Waals surface area contributed by atoms with Gasteiger partial charge in [-0.15, -0.1) is 0 Å². The van der Waals surface area contributed by atoms with Gasteiger partial charge in [-0.05, 0) is 36.8 Å². The number of amides is 1. The van der Waals surface area contributed by atoms with Crippen LogP contribution in [0.3, 0.4) is 0 Å². The van der Waals surface area contributed by atoms with E-state index in [1.54, 1.807) is 48.5 Å². The maximum absolute atomic E-state index is 13.0. The topological polar surface area (TPSA) is 116 Å². The van der Waals surface area contributed by atoms with Gasteiger partial charge in [0.2, 0.25) is 11.7 Å². The predicted molar refractivity (Wildman–Crippen MR) is 127 cm³/mol. The second-order valence-corrected chi connectivity index (χ2v) is 7.87. The standard InChI is InChI=1S/C25H21ClN2O6/c1-16-7-10-19(15-21(16)26)27-22(29)13-14-23(30)34-25(24(31)17-5-3-2-4-6-17)18-8-11-20(12-9-18)28(32)33/h2-12,15,25H,13-14H2,1H3,(H,27,29)/t25-/m0/s1. The number of carbonyl (C=O) groups is 3. The zero-order chi connectivity index (χ0) is 24.7. The second kappa shape index (κ2) is 11.2. The summed E-state index contributed by atoms with van der Waals surface area (Å²) >= 11 is 6.05. The van der Waals surface area contributed by atoms with Crippen LogP contribution in [0.2, 0.25) is 5.02 Å². The van der Waals surface area contributed by atoms with Gasteiger partial charge >= 0.3 is 5.97 Å². The van der Waals surface area contributed by atoms with E-state index < -0.39 is 28.7 Å². The lowest BCUT2D eigenvalue weighted by Crippen LogP contribution is -2.21. The van der Waals surface area contributed by atoms with Gasteiger partial charge < -0.3 is 10.1 Å². The summed E-state index contributed by atoms with van der Waals surface area (Å²) in [6.07, 6.45) is -1.75. The molecule has 3 aromatic rings. The summed E-state index contributed by atoms with van der Waals surface area (Å²) in [6.45, 7) is 1.84. The molecule has 0 aromatic heterocycles. The van der Waals surface area contributed by atoms with E-state index in [2.05, 4.69) is 5.32 Å². The van der Waals surface area contributed by atoms with Crippen LogP contribution in [-0.4, -0.2) is 22.6 Å². The van der Waals surface area contributed by atoms with E-state index in [-0.39, 0.29) is 24.1 Å². The zero-order valence-electron chi connectivity index (χ0n) is 18.2. The zero-order valence-corrected chi connectivity index (χ0v) is 19.0. The fourth-order valence-electron chi connectivity index (χ4n) is 3.10. The van der Waals surface area contributed by atoms with Crippen molar-refractivity contribution in [1.82, 2.24) is 0 Å². The number of anilines is 1. The largest absolute Gasteiger partial charge is 0.449 e. The van der Waals surface area contributed by atoms with E-state index in [9.17, 15) is 24.5 Å². The van der Waals surface area contributed by atoms with Crippen molar-refractivity contribution < 1.29 is 24.0 Å². The van der Waals surface area contributed by atoms with Gasteiger partial charge in [0.25, 0.3) is 5.69 Å². The van der Waals surface area contributed by atoms with Crippen molar-refractivity contribution in [2.75, 3.05) is 5.32 Å². The molecule has 8 nitrogen and oxygen atoms in total. The Morgan fingerprint density at radius 1 is 1.00 bits per heavy atom. The smallest absolute Gasteiger partial charge is 0.307 e. The molecule has 3 rings (SSSR count). The van der Waals surface area contributed by atoms with Gasteiger partial charge in [-0.25, -0.2) is 0 Å². The summed E-state index contributed by atoms with van der Waals surface area (Å²) in [6, 6.07) is 18.5. The summed E-state index contributed by atoms with van der Waals surface area (Å²) < 4.78 is 5.43. The third-order valence-corrected chi connectivity index (χ3v) is 5.37. The minimum Gasteiger partial charge on any atom is -0.449 e. The van der Waals surface area contributed by atoms with Gasteiger partial charge in [0.15, 0.2) is 6.10 Å². The van der Waals surface area contributed by atoms with Gasteiger partial charge in [0.1, 0.15) is 0 Å². The SMILES string of the molecule is Cc1ccc(NC(=O)CCC(=O)O[C@H](C(=O)c2ccccc2)c2ccc([N+](=O)[O-])cc2)cc1Cl. The summed E-state index contributed by atoms with van der Waals surface area (Å²) in [4.78, 5) is 48.2. The number of esters is 1.